The molecular weight excluding hydrogens is 400 g/mol. The highest BCUT2D eigenvalue weighted by molar-refractivity contribution is 9.12. The molecule has 1 saturated heterocycles. The van der Waals surface area contributed by atoms with Crippen LogP contribution in [0, 0.1) is 23.7 Å². The first-order valence-corrected chi connectivity index (χ1v) is 8.90. The second-order valence-electron chi connectivity index (χ2n) is 5.99. The summed E-state index contributed by atoms with van der Waals surface area (Å²) in [6.07, 6.45) is 0.956. The summed E-state index contributed by atoms with van der Waals surface area (Å²) in [6, 6.07) is 9.36. The molecule has 2 aliphatic carbocycles. The van der Waals surface area contributed by atoms with Gasteiger partial charge >= 0.3 is 0 Å². The standard InChI is InChI=1S/C15H14Br2N2O2/c16-12-8-6-9(13(12)17)11-10(8)14(20)19(15(11)21)18-7-4-2-1-3-5-7/h1-5,8-13,18H,6H2/t8-,9-,10-,11-,12-,13+/m0/s1. The lowest BCUT2D eigenvalue weighted by molar-refractivity contribution is -0.139. The zero-order valence-electron chi connectivity index (χ0n) is 11.1. The summed E-state index contributed by atoms with van der Waals surface area (Å²) in [7, 11) is 0. The number of hydrazine groups is 1. The van der Waals surface area contributed by atoms with Gasteiger partial charge in [-0.1, -0.05) is 50.1 Å². The molecule has 3 aliphatic rings. The van der Waals surface area contributed by atoms with Gasteiger partial charge in [0.15, 0.2) is 0 Å². The highest BCUT2D eigenvalue weighted by atomic mass is 79.9. The number of alkyl halides is 2. The van der Waals surface area contributed by atoms with Gasteiger partial charge in [-0.2, -0.15) is 5.01 Å². The fraction of sp³-hybridized carbons (Fsp3) is 0.467. The van der Waals surface area contributed by atoms with Gasteiger partial charge in [-0.15, -0.1) is 0 Å². The lowest BCUT2D eigenvalue weighted by Crippen LogP contribution is -2.38. The molecule has 1 aromatic rings. The molecule has 6 atom stereocenters. The second kappa shape index (κ2) is 4.81. The van der Waals surface area contributed by atoms with Crippen molar-refractivity contribution >= 4 is 49.4 Å². The predicted octanol–water partition coefficient (Wildman–Crippen LogP) is 2.79. The maximum absolute atomic E-state index is 12.7. The number of imide groups is 1. The van der Waals surface area contributed by atoms with Crippen LogP contribution in [0.25, 0.3) is 0 Å². The van der Waals surface area contributed by atoms with Crippen LogP contribution in [0.1, 0.15) is 6.42 Å². The number of nitrogens with one attached hydrogen (secondary N) is 1. The Hall–Kier alpha value is -0.880. The number of rotatable bonds is 2. The van der Waals surface area contributed by atoms with Crippen LogP contribution in [0.4, 0.5) is 5.69 Å². The summed E-state index contributed by atoms with van der Waals surface area (Å²) in [5, 5.41) is 1.23. The second-order valence-corrected chi connectivity index (χ2v) is 8.11. The molecule has 1 N–H and O–H groups in total. The van der Waals surface area contributed by atoms with E-state index in [9.17, 15) is 9.59 Å². The Kier molecular flexibility index (Phi) is 3.15. The van der Waals surface area contributed by atoms with Gasteiger partial charge in [0.25, 0.3) is 11.8 Å². The van der Waals surface area contributed by atoms with Crippen LogP contribution in [-0.2, 0) is 9.59 Å². The van der Waals surface area contributed by atoms with Crippen LogP contribution in [0.2, 0.25) is 0 Å². The molecule has 2 bridgehead atoms. The molecular formula is C15H14Br2N2O2. The van der Waals surface area contributed by atoms with Crippen molar-refractivity contribution in [3.8, 4) is 0 Å². The fourth-order valence-electron chi connectivity index (χ4n) is 4.10. The minimum Gasteiger partial charge on any atom is -0.289 e. The van der Waals surface area contributed by atoms with Gasteiger partial charge in [0, 0.05) is 9.65 Å². The molecule has 4 nitrogen and oxygen atoms in total. The van der Waals surface area contributed by atoms with Crippen molar-refractivity contribution in [2.75, 3.05) is 5.43 Å². The predicted molar refractivity (Wildman–Crippen MR) is 85.9 cm³/mol. The molecule has 110 valence electrons. The summed E-state index contributed by atoms with van der Waals surface area (Å²) < 4.78 is 0. The number of anilines is 1. The van der Waals surface area contributed by atoms with E-state index in [2.05, 4.69) is 37.3 Å². The first-order valence-electron chi connectivity index (χ1n) is 7.07. The number of amides is 2. The van der Waals surface area contributed by atoms with Crippen LogP contribution < -0.4 is 5.43 Å². The molecule has 0 aromatic heterocycles. The van der Waals surface area contributed by atoms with Gasteiger partial charge in [-0.25, -0.2) is 0 Å². The number of carbonyl (C=O) groups is 2. The van der Waals surface area contributed by atoms with E-state index in [0.717, 1.165) is 12.1 Å². The van der Waals surface area contributed by atoms with Gasteiger partial charge in [-0.3, -0.25) is 15.0 Å². The molecule has 2 saturated carbocycles. The number of para-hydroxylation sites is 1. The highest BCUT2D eigenvalue weighted by Gasteiger charge is 2.66. The maximum Gasteiger partial charge on any atom is 0.252 e. The molecule has 0 radical (unpaired) electrons. The van der Waals surface area contributed by atoms with Gasteiger partial charge < -0.3 is 0 Å². The Balaban J connectivity index is 1.62. The number of halogens is 2. The minimum atomic E-state index is -0.170. The molecule has 0 spiro atoms. The van der Waals surface area contributed by atoms with Crippen molar-refractivity contribution in [1.82, 2.24) is 5.01 Å². The molecule has 6 heteroatoms. The normalized spacial score (nSPS) is 40.8. The Morgan fingerprint density at radius 2 is 1.48 bits per heavy atom. The topological polar surface area (TPSA) is 49.4 Å². The summed E-state index contributed by atoms with van der Waals surface area (Å²) in [5.74, 6) is 0.0102. The quantitative estimate of drug-likeness (QED) is 0.599. The molecule has 1 aliphatic heterocycles. The van der Waals surface area contributed by atoms with Crippen LogP contribution in [0.3, 0.4) is 0 Å². The van der Waals surface area contributed by atoms with Crippen molar-refractivity contribution in [2.45, 2.75) is 16.1 Å². The molecule has 0 unspecified atom stereocenters. The fourth-order valence-corrected chi connectivity index (χ4v) is 5.97. The van der Waals surface area contributed by atoms with E-state index < -0.39 is 0 Å². The third kappa shape index (κ3) is 1.84. The van der Waals surface area contributed by atoms with Gasteiger partial charge in [0.05, 0.1) is 17.5 Å². The zero-order valence-corrected chi connectivity index (χ0v) is 14.2. The Bertz CT molecular complexity index is 577. The number of fused-ring (bicyclic) bond motifs is 5. The third-order valence-electron chi connectivity index (χ3n) is 5.00. The van der Waals surface area contributed by atoms with Crippen molar-refractivity contribution in [3.05, 3.63) is 30.3 Å². The van der Waals surface area contributed by atoms with Crippen LogP contribution in [-0.4, -0.2) is 26.5 Å². The van der Waals surface area contributed by atoms with E-state index in [0.29, 0.717) is 0 Å². The third-order valence-corrected chi connectivity index (χ3v) is 8.21. The summed E-state index contributed by atoms with van der Waals surface area (Å²) in [4.78, 5) is 25.9. The molecule has 1 aromatic carbocycles. The first-order chi connectivity index (χ1) is 10.1. The number of nitrogens with zero attached hydrogens (tertiary/aromatic N) is 1. The van der Waals surface area contributed by atoms with Gasteiger partial charge in [0.1, 0.15) is 0 Å². The van der Waals surface area contributed by atoms with Crippen LogP contribution in [0.15, 0.2) is 30.3 Å². The summed E-state index contributed by atoms with van der Waals surface area (Å²) in [6.45, 7) is 0. The van der Waals surface area contributed by atoms with Crippen molar-refractivity contribution in [2.24, 2.45) is 23.7 Å². The molecule has 3 fully saturated rings. The first kappa shape index (κ1) is 13.8. The van der Waals surface area contributed by atoms with Gasteiger partial charge in [-0.05, 0) is 30.4 Å². The summed E-state index contributed by atoms with van der Waals surface area (Å²) in [5.41, 5.74) is 3.73. The number of benzene rings is 1. The van der Waals surface area contributed by atoms with E-state index in [4.69, 9.17) is 0 Å². The number of hydrogen-bond donors (Lipinski definition) is 1. The Morgan fingerprint density at radius 3 is 2.00 bits per heavy atom. The number of carbonyl (C=O) groups excluding carboxylic acids is 2. The van der Waals surface area contributed by atoms with Crippen LogP contribution in [0.5, 0.6) is 0 Å². The SMILES string of the molecule is O=C1[C@H]2[C@@H]3C[C@H]([C@@H](Br)[C@H]3Br)[C@@H]2C(=O)N1Nc1ccccc1. The van der Waals surface area contributed by atoms with E-state index in [1.165, 1.54) is 5.01 Å². The average Bonchev–Trinajstić information content (AvgIpc) is 3.09. The smallest absolute Gasteiger partial charge is 0.252 e. The van der Waals surface area contributed by atoms with E-state index >= 15 is 0 Å². The van der Waals surface area contributed by atoms with E-state index in [1.54, 1.807) is 0 Å². The monoisotopic (exact) mass is 412 g/mol. The lowest BCUT2D eigenvalue weighted by Gasteiger charge is -2.28. The minimum absolute atomic E-state index is 0.0785. The molecule has 2 amide bonds. The van der Waals surface area contributed by atoms with Gasteiger partial charge in [0.2, 0.25) is 0 Å². The van der Waals surface area contributed by atoms with Crippen molar-refractivity contribution < 1.29 is 9.59 Å². The largest absolute Gasteiger partial charge is 0.289 e. The molecule has 21 heavy (non-hydrogen) atoms. The Labute approximate surface area is 139 Å². The molecule has 1 heterocycles. The highest BCUT2D eigenvalue weighted by Crippen LogP contribution is 2.60. The zero-order chi connectivity index (χ0) is 14.7. The lowest BCUT2D eigenvalue weighted by atomic mass is 9.81. The average molecular weight is 414 g/mol. The Morgan fingerprint density at radius 1 is 0.952 bits per heavy atom. The van der Waals surface area contributed by atoms with Crippen molar-refractivity contribution in [3.63, 3.8) is 0 Å². The van der Waals surface area contributed by atoms with E-state index in [-0.39, 0.29) is 45.1 Å². The van der Waals surface area contributed by atoms with Crippen LogP contribution >= 0.6 is 31.9 Å². The van der Waals surface area contributed by atoms with Crippen molar-refractivity contribution in [1.29, 1.82) is 0 Å². The van der Waals surface area contributed by atoms with E-state index in [1.807, 2.05) is 30.3 Å². The molecule has 4 rings (SSSR count). The summed E-state index contributed by atoms with van der Waals surface area (Å²) >= 11 is 7.36. The number of hydrogen-bond acceptors (Lipinski definition) is 3. The maximum atomic E-state index is 12.7.